The Kier molecular flexibility index (Phi) is 3.72. The van der Waals surface area contributed by atoms with Gasteiger partial charge in [-0.25, -0.2) is 9.97 Å². The molecule has 4 heterocycles. The van der Waals surface area contributed by atoms with E-state index in [0.29, 0.717) is 0 Å². The van der Waals surface area contributed by atoms with Gasteiger partial charge in [-0.15, -0.1) is 0 Å². The van der Waals surface area contributed by atoms with E-state index in [1.54, 1.807) is 12.4 Å². The maximum absolute atomic E-state index is 6.21. The Labute approximate surface area is 180 Å². The molecule has 0 bridgehead atoms. The molecule has 152 valence electrons. The number of anilines is 3. The van der Waals surface area contributed by atoms with Crippen molar-refractivity contribution < 1.29 is 4.42 Å². The molecule has 4 aromatic rings. The molecule has 2 aliphatic rings. The fourth-order valence-corrected chi connectivity index (χ4v) is 4.87. The van der Waals surface area contributed by atoms with Crippen molar-refractivity contribution in [1.82, 2.24) is 14.8 Å². The van der Waals surface area contributed by atoms with E-state index in [0.717, 1.165) is 38.9 Å². The smallest absolute Gasteiger partial charge is 0.409 e. The largest absolute Gasteiger partial charge is 0.457 e. The molecule has 0 radical (unpaired) electrons. The molecular formula is C24H22BN5O. The van der Waals surface area contributed by atoms with Crippen molar-refractivity contribution in [3.8, 4) is 0 Å². The fraction of sp³-hybridized carbons (Fsp3) is 0.167. The first-order chi connectivity index (χ1) is 15.1. The van der Waals surface area contributed by atoms with Gasteiger partial charge in [-0.2, -0.15) is 0 Å². The Bertz CT molecular complexity index is 1410. The monoisotopic (exact) mass is 407 g/mol. The predicted molar refractivity (Wildman–Crippen MR) is 125 cm³/mol. The maximum Gasteiger partial charge on any atom is 0.409 e. The van der Waals surface area contributed by atoms with E-state index >= 15 is 0 Å². The Morgan fingerprint density at radius 3 is 2.42 bits per heavy atom. The summed E-state index contributed by atoms with van der Waals surface area (Å²) >= 11 is 0. The SMILES string of the molecule is CN1C=c2c(oc3ccccc23)=CB1N1c2nccnc2N(c2ccccc2)C1(C)C. The van der Waals surface area contributed by atoms with Gasteiger partial charge in [0.25, 0.3) is 0 Å². The van der Waals surface area contributed by atoms with Crippen LogP contribution in [0.1, 0.15) is 13.8 Å². The van der Waals surface area contributed by atoms with Crippen LogP contribution in [0.25, 0.3) is 23.1 Å². The van der Waals surface area contributed by atoms with Crippen LogP contribution in [0.4, 0.5) is 17.3 Å². The number of furan rings is 1. The number of rotatable bonds is 2. The van der Waals surface area contributed by atoms with Gasteiger partial charge in [0.1, 0.15) is 16.7 Å². The highest BCUT2D eigenvalue weighted by atomic mass is 16.3. The van der Waals surface area contributed by atoms with Crippen molar-refractivity contribution in [2.45, 2.75) is 19.5 Å². The molecule has 6 nitrogen and oxygen atoms in total. The lowest BCUT2D eigenvalue weighted by Crippen LogP contribution is -2.62. The maximum atomic E-state index is 6.21. The zero-order chi connectivity index (χ0) is 21.2. The van der Waals surface area contributed by atoms with Crippen LogP contribution in [-0.4, -0.2) is 34.5 Å². The minimum atomic E-state index is -0.405. The average Bonchev–Trinajstić information content (AvgIpc) is 3.24. The van der Waals surface area contributed by atoms with Gasteiger partial charge in [0.15, 0.2) is 11.6 Å². The van der Waals surface area contributed by atoms with E-state index in [1.807, 2.05) is 24.3 Å². The predicted octanol–water partition coefficient (Wildman–Crippen LogP) is 3.11. The lowest BCUT2D eigenvalue weighted by atomic mass is 9.68. The topological polar surface area (TPSA) is 48.6 Å². The van der Waals surface area contributed by atoms with Crippen LogP contribution in [0.5, 0.6) is 0 Å². The van der Waals surface area contributed by atoms with Gasteiger partial charge in [0.05, 0.1) is 0 Å². The first-order valence-electron chi connectivity index (χ1n) is 10.4. The summed E-state index contributed by atoms with van der Waals surface area (Å²) in [6.45, 7) is 4.34. The molecule has 2 aromatic heterocycles. The summed E-state index contributed by atoms with van der Waals surface area (Å²) < 4.78 is 6.21. The second kappa shape index (κ2) is 6.38. The van der Waals surface area contributed by atoms with E-state index in [9.17, 15) is 0 Å². The molecule has 0 fully saturated rings. The van der Waals surface area contributed by atoms with Crippen molar-refractivity contribution in [3.05, 3.63) is 77.6 Å². The van der Waals surface area contributed by atoms with Crippen LogP contribution in [-0.2, 0) is 0 Å². The molecule has 0 N–H and O–H groups in total. The lowest BCUT2D eigenvalue weighted by molar-refractivity contribution is 0.536. The van der Waals surface area contributed by atoms with E-state index in [1.165, 1.54) is 0 Å². The van der Waals surface area contributed by atoms with Crippen molar-refractivity contribution in [2.24, 2.45) is 0 Å². The molecular weight excluding hydrogens is 385 g/mol. The third-order valence-corrected chi connectivity index (χ3v) is 6.23. The molecule has 2 aromatic carbocycles. The Hall–Kier alpha value is -3.74. The van der Waals surface area contributed by atoms with Gasteiger partial charge < -0.3 is 18.9 Å². The highest BCUT2D eigenvalue weighted by Crippen LogP contribution is 2.47. The number of hydrogen-bond acceptors (Lipinski definition) is 6. The summed E-state index contributed by atoms with van der Waals surface area (Å²) in [5, 5.41) is 2.25. The standard InChI is InChI=1S/C24H22BN5O/c1-24(2)29(17-9-5-4-6-10-17)22-23(27-14-13-26-22)30(24)25-15-21-19(16-28(25)3)18-11-7-8-12-20(18)31-21/h4-16H,1-3H3. The summed E-state index contributed by atoms with van der Waals surface area (Å²) in [6, 6.07) is 18.5. The minimum absolute atomic E-state index is 0.0766. The molecule has 0 atom stereocenters. The van der Waals surface area contributed by atoms with Gasteiger partial charge in [-0.3, -0.25) is 0 Å². The highest BCUT2D eigenvalue weighted by molar-refractivity contribution is 6.75. The van der Waals surface area contributed by atoms with Crippen molar-refractivity contribution in [1.29, 1.82) is 0 Å². The Morgan fingerprint density at radius 1 is 0.903 bits per heavy atom. The third-order valence-electron chi connectivity index (χ3n) is 6.23. The van der Waals surface area contributed by atoms with Gasteiger partial charge in [-0.1, -0.05) is 36.4 Å². The van der Waals surface area contributed by atoms with Gasteiger partial charge >= 0.3 is 6.98 Å². The van der Waals surface area contributed by atoms with Crippen LogP contribution in [0.15, 0.2) is 71.4 Å². The number of para-hydroxylation sites is 2. The number of hydrogen-bond donors (Lipinski definition) is 0. The van der Waals surface area contributed by atoms with Gasteiger partial charge in [0.2, 0.25) is 0 Å². The normalized spacial score (nSPS) is 16.7. The number of nitrogens with zero attached hydrogens (tertiary/aromatic N) is 5. The van der Waals surface area contributed by atoms with Gasteiger partial charge in [0, 0.05) is 34.9 Å². The summed E-state index contributed by atoms with van der Waals surface area (Å²) in [7, 11) is 2.10. The van der Waals surface area contributed by atoms with Crippen LogP contribution >= 0.6 is 0 Å². The summed E-state index contributed by atoms with van der Waals surface area (Å²) in [4.78, 5) is 16.3. The molecule has 0 spiro atoms. The van der Waals surface area contributed by atoms with Crippen molar-refractivity contribution in [2.75, 3.05) is 16.8 Å². The Balaban J connectivity index is 1.54. The molecule has 0 aliphatic carbocycles. The zero-order valence-corrected chi connectivity index (χ0v) is 17.7. The van der Waals surface area contributed by atoms with Crippen LogP contribution in [0.2, 0.25) is 0 Å². The molecule has 0 saturated heterocycles. The number of aromatic nitrogens is 2. The van der Waals surface area contributed by atoms with Crippen molar-refractivity contribution >= 4 is 47.5 Å². The quantitative estimate of drug-likeness (QED) is 0.476. The molecule has 6 rings (SSSR count). The molecule has 0 saturated carbocycles. The third kappa shape index (κ3) is 2.52. The molecule has 0 amide bonds. The zero-order valence-electron chi connectivity index (χ0n) is 17.7. The van der Waals surface area contributed by atoms with Crippen LogP contribution < -0.4 is 20.3 Å². The van der Waals surface area contributed by atoms with E-state index in [2.05, 4.69) is 77.9 Å². The van der Waals surface area contributed by atoms with Crippen LogP contribution in [0.3, 0.4) is 0 Å². The first kappa shape index (κ1) is 18.1. The molecule has 2 aliphatic heterocycles. The summed E-state index contributed by atoms with van der Waals surface area (Å²) in [6.07, 6.45) is 5.69. The average molecular weight is 407 g/mol. The van der Waals surface area contributed by atoms with Gasteiger partial charge in [-0.05, 0) is 45.1 Å². The van der Waals surface area contributed by atoms with E-state index < -0.39 is 5.66 Å². The summed E-state index contributed by atoms with van der Waals surface area (Å²) in [5.41, 5.74) is 2.48. The second-order valence-electron chi connectivity index (χ2n) is 8.49. The summed E-state index contributed by atoms with van der Waals surface area (Å²) in [5.74, 6) is 3.90. The lowest BCUT2D eigenvalue weighted by Gasteiger charge is -2.44. The molecule has 31 heavy (non-hydrogen) atoms. The molecule has 0 unspecified atom stereocenters. The van der Waals surface area contributed by atoms with E-state index in [-0.39, 0.29) is 6.98 Å². The fourth-order valence-electron chi connectivity index (χ4n) is 4.87. The number of benzene rings is 2. The van der Waals surface area contributed by atoms with Crippen LogP contribution in [0, 0.1) is 0 Å². The minimum Gasteiger partial charge on any atom is -0.457 e. The first-order valence-corrected chi connectivity index (χ1v) is 10.4. The second-order valence-corrected chi connectivity index (χ2v) is 8.49. The highest BCUT2D eigenvalue weighted by Gasteiger charge is 2.50. The van der Waals surface area contributed by atoms with E-state index in [4.69, 9.17) is 14.4 Å². The van der Waals surface area contributed by atoms with Crippen molar-refractivity contribution in [3.63, 3.8) is 0 Å². The number of fused-ring (bicyclic) bond motifs is 4. The molecule has 7 heteroatoms. The Morgan fingerprint density at radius 2 is 1.61 bits per heavy atom.